The number of rotatable bonds is 3. The predicted molar refractivity (Wildman–Crippen MR) is 96.8 cm³/mol. The lowest BCUT2D eigenvalue weighted by Crippen LogP contribution is -2.46. The van der Waals surface area contributed by atoms with Gasteiger partial charge >= 0.3 is 5.97 Å². The third-order valence-electron chi connectivity index (χ3n) is 5.20. The molecule has 6 nitrogen and oxygen atoms in total. The molecule has 0 aliphatic carbocycles. The van der Waals surface area contributed by atoms with Crippen molar-refractivity contribution in [3.63, 3.8) is 0 Å². The highest BCUT2D eigenvalue weighted by Crippen LogP contribution is 2.34. The van der Waals surface area contributed by atoms with Gasteiger partial charge in [-0.05, 0) is 29.5 Å². The van der Waals surface area contributed by atoms with Gasteiger partial charge in [0.25, 0.3) is 0 Å². The van der Waals surface area contributed by atoms with E-state index in [-0.39, 0.29) is 36.7 Å². The number of amides is 2. The molecule has 3 unspecified atom stereocenters. The minimum Gasteiger partial charge on any atom is -0.481 e. The summed E-state index contributed by atoms with van der Waals surface area (Å²) in [5.41, 5.74) is 1.94. The molecule has 1 aromatic carbocycles. The molecule has 26 heavy (non-hydrogen) atoms. The number of hydrogen-bond donors (Lipinski definition) is 1. The highest BCUT2D eigenvalue weighted by molar-refractivity contribution is 5.82. The van der Waals surface area contributed by atoms with Crippen molar-refractivity contribution in [3.8, 4) is 0 Å². The molecule has 1 aromatic rings. The van der Waals surface area contributed by atoms with Crippen molar-refractivity contribution in [2.45, 2.75) is 32.7 Å². The number of piperidine rings is 1. The molecule has 1 fully saturated rings. The molecule has 138 valence electrons. The van der Waals surface area contributed by atoms with E-state index in [0.29, 0.717) is 13.0 Å². The summed E-state index contributed by atoms with van der Waals surface area (Å²) in [5.74, 6) is -1.46. The third-order valence-corrected chi connectivity index (χ3v) is 5.20. The Balaban J connectivity index is 1.81. The van der Waals surface area contributed by atoms with Gasteiger partial charge < -0.3 is 14.9 Å². The van der Waals surface area contributed by atoms with Crippen LogP contribution in [0.3, 0.4) is 0 Å². The van der Waals surface area contributed by atoms with Crippen molar-refractivity contribution in [1.29, 1.82) is 0 Å². The number of carbonyl (C=O) groups is 3. The largest absolute Gasteiger partial charge is 0.481 e. The Morgan fingerprint density at radius 2 is 1.92 bits per heavy atom. The van der Waals surface area contributed by atoms with Crippen molar-refractivity contribution in [3.05, 3.63) is 41.6 Å². The highest BCUT2D eigenvalue weighted by Gasteiger charge is 2.35. The van der Waals surface area contributed by atoms with Crippen LogP contribution >= 0.6 is 0 Å². The van der Waals surface area contributed by atoms with Gasteiger partial charge in [0.15, 0.2) is 0 Å². The van der Waals surface area contributed by atoms with Gasteiger partial charge in [-0.2, -0.15) is 0 Å². The molecule has 1 saturated heterocycles. The lowest BCUT2D eigenvalue weighted by Gasteiger charge is -2.37. The van der Waals surface area contributed by atoms with Crippen molar-refractivity contribution in [2.75, 3.05) is 13.1 Å². The van der Waals surface area contributed by atoms with Gasteiger partial charge in [-0.25, -0.2) is 0 Å². The standard InChI is InChI=1S/C20H24N2O4/c1-13-9-16(20(25)26)12-21(11-13)19(24)10-18-17-6-4-3-5-15(17)7-8-22(18)14(2)23/h3-8,13,16,18H,9-12H2,1-2H3,(H,25,26). The number of carbonyl (C=O) groups excluding carboxylic acids is 2. The minimum absolute atomic E-state index is 0.107. The molecule has 3 atom stereocenters. The van der Waals surface area contributed by atoms with E-state index in [1.807, 2.05) is 37.3 Å². The third kappa shape index (κ3) is 3.64. The molecule has 2 amide bonds. The zero-order chi connectivity index (χ0) is 18.8. The smallest absolute Gasteiger partial charge is 0.308 e. The van der Waals surface area contributed by atoms with E-state index in [1.165, 1.54) is 6.92 Å². The second-order valence-electron chi connectivity index (χ2n) is 7.27. The van der Waals surface area contributed by atoms with E-state index in [1.54, 1.807) is 16.0 Å². The normalized spacial score (nSPS) is 24.9. The van der Waals surface area contributed by atoms with Crippen molar-refractivity contribution in [1.82, 2.24) is 9.80 Å². The molecule has 2 aliphatic rings. The quantitative estimate of drug-likeness (QED) is 0.903. The zero-order valence-electron chi connectivity index (χ0n) is 15.1. The van der Waals surface area contributed by atoms with E-state index in [0.717, 1.165) is 11.1 Å². The van der Waals surface area contributed by atoms with Crippen molar-refractivity contribution < 1.29 is 19.5 Å². The van der Waals surface area contributed by atoms with Gasteiger partial charge in [0.1, 0.15) is 0 Å². The van der Waals surface area contributed by atoms with Crippen LogP contribution < -0.4 is 0 Å². The monoisotopic (exact) mass is 356 g/mol. The molecular weight excluding hydrogens is 332 g/mol. The number of hydrogen-bond acceptors (Lipinski definition) is 3. The molecule has 3 rings (SSSR count). The fourth-order valence-corrected chi connectivity index (χ4v) is 3.94. The number of likely N-dealkylation sites (tertiary alicyclic amines) is 1. The molecule has 0 radical (unpaired) electrons. The van der Waals surface area contributed by atoms with E-state index < -0.39 is 11.9 Å². The number of carboxylic acids is 1. The number of aliphatic carboxylic acids is 1. The maximum Gasteiger partial charge on any atom is 0.308 e. The second kappa shape index (κ2) is 7.32. The van der Waals surface area contributed by atoms with Crippen LogP contribution in [0.5, 0.6) is 0 Å². The Labute approximate surface area is 153 Å². The van der Waals surface area contributed by atoms with Crippen LogP contribution in [0.4, 0.5) is 0 Å². The Morgan fingerprint density at radius 1 is 1.19 bits per heavy atom. The average molecular weight is 356 g/mol. The first-order valence-corrected chi connectivity index (χ1v) is 8.93. The summed E-state index contributed by atoms with van der Waals surface area (Å²) in [5, 5.41) is 9.32. The Kier molecular flexibility index (Phi) is 5.11. The van der Waals surface area contributed by atoms with Gasteiger partial charge in [0.05, 0.1) is 18.4 Å². The molecule has 2 heterocycles. The van der Waals surface area contributed by atoms with Crippen LogP contribution in [0, 0.1) is 11.8 Å². The number of nitrogens with zero attached hydrogens (tertiary/aromatic N) is 2. The number of benzene rings is 1. The van der Waals surface area contributed by atoms with Crippen LogP contribution in [-0.2, 0) is 14.4 Å². The van der Waals surface area contributed by atoms with Crippen LogP contribution in [0.15, 0.2) is 30.5 Å². The molecule has 0 saturated carbocycles. The maximum absolute atomic E-state index is 12.9. The predicted octanol–water partition coefficient (Wildman–Crippen LogP) is 2.52. The first kappa shape index (κ1) is 18.2. The summed E-state index contributed by atoms with van der Waals surface area (Å²) >= 11 is 0. The topological polar surface area (TPSA) is 77.9 Å². The molecule has 2 aliphatic heterocycles. The van der Waals surface area contributed by atoms with Crippen LogP contribution in [0.2, 0.25) is 0 Å². The highest BCUT2D eigenvalue weighted by atomic mass is 16.4. The Hall–Kier alpha value is -2.63. The van der Waals surface area contributed by atoms with Gasteiger partial charge in [-0.3, -0.25) is 14.4 Å². The van der Waals surface area contributed by atoms with E-state index in [2.05, 4.69) is 0 Å². The SMILES string of the molecule is CC(=O)N1C=Cc2ccccc2C1CC(=O)N1CC(C)CC(C(=O)O)C1. The van der Waals surface area contributed by atoms with E-state index in [9.17, 15) is 19.5 Å². The summed E-state index contributed by atoms with van der Waals surface area (Å²) in [6.07, 6.45) is 4.34. The summed E-state index contributed by atoms with van der Waals surface area (Å²) in [4.78, 5) is 39.6. The number of carboxylic acid groups (broad SMARTS) is 1. The lowest BCUT2D eigenvalue weighted by molar-refractivity contribution is -0.147. The summed E-state index contributed by atoms with van der Waals surface area (Å²) < 4.78 is 0. The minimum atomic E-state index is -0.856. The molecule has 0 bridgehead atoms. The Morgan fingerprint density at radius 3 is 2.62 bits per heavy atom. The Bertz CT molecular complexity index is 758. The van der Waals surface area contributed by atoms with Crippen molar-refractivity contribution >= 4 is 23.9 Å². The second-order valence-corrected chi connectivity index (χ2v) is 7.27. The first-order chi connectivity index (χ1) is 12.4. The van der Waals surface area contributed by atoms with E-state index in [4.69, 9.17) is 0 Å². The number of fused-ring (bicyclic) bond motifs is 1. The van der Waals surface area contributed by atoms with Gasteiger partial charge in [0.2, 0.25) is 11.8 Å². The lowest BCUT2D eigenvalue weighted by atomic mass is 9.89. The molecular formula is C20H24N2O4. The summed E-state index contributed by atoms with van der Waals surface area (Å²) in [6.45, 7) is 4.25. The molecule has 1 N–H and O–H groups in total. The molecule has 0 aromatic heterocycles. The first-order valence-electron chi connectivity index (χ1n) is 8.93. The fraction of sp³-hybridized carbons (Fsp3) is 0.450. The molecule has 0 spiro atoms. The van der Waals surface area contributed by atoms with E-state index >= 15 is 0 Å². The van der Waals surface area contributed by atoms with Crippen LogP contribution in [-0.4, -0.2) is 45.8 Å². The van der Waals surface area contributed by atoms with Gasteiger partial charge in [0, 0.05) is 26.2 Å². The maximum atomic E-state index is 12.9. The van der Waals surface area contributed by atoms with Crippen LogP contribution in [0.25, 0.3) is 6.08 Å². The van der Waals surface area contributed by atoms with Gasteiger partial charge in [-0.1, -0.05) is 31.2 Å². The average Bonchev–Trinajstić information content (AvgIpc) is 2.61. The van der Waals surface area contributed by atoms with Gasteiger partial charge in [-0.15, -0.1) is 0 Å². The zero-order valence-corrected chi connectivity index (χ0v) is 15.1. The van der Waals surface area contributed by atoms with Crippen molar-refractivity contribution in [2.24, 2.45) is 11.8 Å². The summed E-state index contributed by atoms with van der Waals surface area (Å²) in [6, 6.07) is 7.36. The molecule has 6 heteroatoms. The van der Waals surface area contributed by atoms with Crippen LogP contribution in [0.1, 0.15) is 43.9 Å². The summed E-state index contributed by atoms with van der Waals surface area (Å²) in [7, 11) is 0. The fourth-order valence-electron chi connectivity index (χ4n) is 3.94.